The fourth-order valence-corrected chi connectivity index (χ4v) is 4.95. The number of hydrogen-bond donors (Lipinski definition) is 3. The predicted octanol–water partition coefficient (Wildman–Crippen LogP) is 1.75. The number of nitrogens with one attached hydrogen (secondary N) is 1. The molecule has 0 radical (unpaired) electrons. The van der Waals surface area contributed by atoms with Gasteiger partial charge in [-0.25, -0.2) is 0 Å². The van der Waals surface area contributed by atoms with Gasteiger partial charge in [-0.15, -0.1) is 0 Å². The number of aromatic amines is 1. The average Bonchev–Trinajstić information content (AvgIpc) is 2.96. The fourth-order valence-electron chi connectivity index (χ4n) is 3.37. The third-order valence-corrected chi connectivity index (χ3v) is 6.90. The van der Waals surface area contributed by atoms with E-state index in [4.69, 9.17) is 29.9 Å². The molecule has 0 saturated carbocycles. The number of benzene rings is 1. The molecule has 1 aromatic heterocycles. The molecule has 16 heteroatoms. The van der Waals surface area contributed by atoms with Gasteiger partial charge in [-0.1, -0.05) is 0 Å². The second-order valence-electron chi connectivity index (χ2n) is 7.26. The van der Waals surface area contributed by atoms with E-state index in [1.807, 2.05) is 0 Å². The van der Waals surface area contributed by atoms with Gasteiger partial charge in [0, 0.05) is 0 Å². The van der Waals surface area contributed by atoms with E-state index in [-0.39, 0.29) is 16.9 Å². The van der Waals surface area contributed by atoms with Gasteiger partial charge >= 0.3 is 186 Å². The van der Waals surface area contributed by atoms with Crippen LogP contribution in [0.15, 0.2) is 40.1 Å². The van der Waals surface area contributed by atoms with Crippen LogP contribution in [0, 0.1) is 0 Å². The zero-order valence-corrected chi connectivity index (χ0v) is 18.0. The van der Waals surface area contributed by atoms with E-state index in [1.165, 1.54) is 6.07 Å². The average molecular weight is 519 g/mol. The Morgan fingerprint density at radius 2 is 2.03 bits per heavy atom. The molecule has 0 aliphatic carbocycles. The minimum absolute atomic E-state index is 0.0626. The molecule has 33 heavy (non-hydrogen) atoms. The van der Waals surface area contributed by atoms with Crippen molar-refractivity contribution in [1.29, 1.82) is 0 Å². The molecular weight excluding hydrogens is 503 g/mol. The minimum atomic E-state index is -4.66. The van der Waals surface area contributed by atoms with Crippen molar-refractivity contribution in [2.75, 3.05) is 6.61 Å². The van der Waals surface area contributed by atoms with E-state index < -0.39 is 61.3 Å². The van der Waals surface area contributed by atoms with Crippen molar-refractivity contribution >= 4 is 19.8 Å². The molecule has 3 heterocycles. The van der Waals surface area contributed by atoms with Crippen LogP contribution in [0.2, 0.25) is 5.02 Å². The van der Waals surface area contributed by atoms with Gasteiger partial charge in [0.05, 0.1) is 0 Å². The molecule has 3 N–H and O–H groups in total. The molecule has 0 amide bonds. The summed E-state index contributed by atoms with van der Waals surface area (Å²) in [5, 5.41) is 9.44. The standard InChI is InChI=1S/C17H16ClF4N2O8P/c18-9-5-24(15(27)23-11(9)25)14-17(21,22)12(26)16(31-14,13(19)20)7-30-33(28)29-6-8-3-1-2-4-10(8)32-33/h1-5,12-14,26,28,33H,6-7H2,(H,23,25,27)/t12-,14+,16+/m0/s1. The van der Waals surface area contributed by atoms with Crippen LogP contribution >= 0.6 is 19.8 Å². The molecule has 0 bridgehead atoms. The quantitative estimate of drug-likeness (QED) is 0.403. The predicted molar refractivity (Wildman–Crippen MR) is 104 cm³/mol. The topological polar surface area (TPSA) is 132 Å². The summed E-state index contributed by atoms with van der Waals surface area (Å²) in [6.45, 7) is -1.71. The number of rotatable bonds is 5. The Bertz CT molecular complexity index is 1180. The van der Waals surface area contributed by atoms with Crippen LogP contribution in [0.4, 0.5) is 17.6 Å². The molecule has 1 saturated heterocycles. The van der Waals surface area contributed by atoms with Crippen molar-refractivity contribution in [3.8, 4) is 5.75 Å². The van der Waals surface area contributed by atoms with Gasteiger partial charge in [-0.05, 0) is 0 Å². The van der Waals surface area contributed by atoms with E-state index in [2.05, 4.69) is 0 Å². The molecule has 0 unspecified atom stereocenters. The normalized spacial score (nSPS) is 28.8. The first kappa shape index (κ1) is 24.1. The third-order valence-electron chi connectivity index (χ3n) is 5.14. The molecular formula is C17H16ClF4N2O8P. The molecule has 2 aliphatic rings. The number of alkyl halides is 4. The molecule has 1 fully saturated rings. The van der Waals surface area contributed by atoms with Crippen LogP contribution < -0.4 is 15.8 Å². The monoisotopic (exact) mass is 518 g/mol. The molecule has 182 valence electrons. The van der Waals surface area contributed by atoms with Crippen molar-refractivity contribution in [2.24, 2.45) is 0 Å². The van der Waals surface area contributed by atoms with E-state index in [1.54, 1.807) is 23.2 Å². The van der Waals surface area contributed by atoms with Gasteiger partial charge in [-0.2, -0.15) is 0 Å². The van der Waals surface area contributed by atoms with Crippen molar-refractivity contribution in [2.45, 2.75) is 36.9 Å². The first-order valence-electron chi connectivity index (χ1n) is 9.19. The molecule has 2 aliphatic heterocycles. The number of nitrogens with zero attached hydrogens (tertiary/aromatic N) is 1. The number of halogens is 5. The maximum atomic E-state index is 14.8. The molecule has 4 rings (SSSR count). The number of fused-ring (bicyclic) bond motifs is 1. The Hall–Kier alpha value is -2.06. The molecule has 2 aromatic rings. The summed E-state index contributed by atoms with van der Waals surface area (Å²) < 4.78 is 77.9. The Kier molecular flexibility index (Phi) is 6.06. The van der Waals surface area contributed by atoms with Gasteiger partial charge in [0.15, 0.2) is 0 Å². The van der Waals surface area contributed by atoms with Crippen LogP contribution in [0.1, 0.15) is 11.8 Å². The van der Waals surface area contributed by atoms with Crippen LogP contribution in [0.25, 0.3) is 0 Å². The van der Waals surface area contributed by atoms with Crippen molar-refractivity contribution in [3.05, 3.63) is 61.9 Å². The Morgan fingerprint density at radius 1 is 1.33 bits per heavy atom. The Labute approximate surface area is 186 Å². The number of hydrogen-bond acceptors (Lipinski definition) is 8. The van der Waals surface area contributed by atoms with Gasteiger partial charge in [0.1, 0.15) is 0 Å². The number of ether oxygens (including phenoxy) is 1. The SMILES string of the molecule is O=c1[nH]c(=O)n([C@@H]2O[C@@](CO[PH]3(O)OCc4ccccc4O3)(C(F)F)[C@H](O)C2(F)F)cc1Cl. The first-order chi connectivity index (χ1) is 15.4. The molecule has 3 atom stereocenters. The van der Waals surface area contributed by atoms with Crippen molar-refractivity contribution in [3.63, 3.8) is 0 Å². The second kappa shape index (κ2) is 8.31. The van der Waals surface area contributed by atoms with E-state index in [0.717, 1.165) is 0 Å². The van der Waals surface area contributed by atoms with Crippen LogP contribution in [0.3, 0.4) is 0 Å². The molecule has 0 spiro atoms. The van der Waals surface area contributed by atoms with E-state index >= 15 is 0 Å². The summed E-state index contributed by atoms with van der Waals surface area (Å²) >= 11 is 5.55. The van der Waals surface area contributed by atoms with Gasteiger partial charge in [0.2, 0.25) is 0 Å². The zero-order valence-electron chi connectivity index (χ0n) is 16.2. The first-order valence-corrected chi connectivity index (χ1v) is 11.2. The summed E-state index contributed by atoms with van der Waals surface area (Å²) in [5.74, 6) is -4.34. The number of H-pyrrole nitrogens is 1. The third kappa shape index (κ3) is 4.05. The van der Waals surface area contributed by atoms with Crippen molar-refractivity contribution in [1.82, 2.24) is 9.55 Å². The van der Waals surface area contributed by atoms with Gasteiger partial charge in [-0.3, -0.25) is 0 Å². The molecule has 1 aromatic carbocycles. The Morgan fingerprint density at radius 3 is 2.73 bits per heavy atom. The number of aromatic nitrogens is 2. The number of para-hydroxylation sites is 1. The van der Waals surface area contributed by atoms with Crippen LogP contribution in [-0.4, -0.2) is 50.2 Å². The summed E-state index contributed by atoms with van der Waals surface area (Å²) in [4.78, 5) is 35.5. The summed E-state index contributed by atoms with van der Waals surface area (Å²) in [7, 11) is -4.66. The number of aliphatic hydroxyl groups is 1. The van der Waals surface area contributed by atoms with Crippen LogP contribution in [0.5, 0.6) is 5.75 Å². The van der Waals surface area contributed by atoms with E-state index in [9.17, 15) is 37.2 Å². The van der Waals surface area contributed by atoms with Crippen LogP contribution in [-0.2, 0) is 20.4 Å². The van der Waals surface area contributed by atoms with Gasteiger partial charge < -0.3 is 0 Å². The summed E-state index contributed by atoms with van der Waals surface area (Å²) in [6, 6.07) is 6.26. The maximum absolute atomic E-state index is 14.8. The Balaban J connectivity index is 1.64. The fraction of sp³-hybridized carbons (Fsp3) is 0.412. The number of aliphatic hydroxyl groups excluding tert-OH is 1. The summed E-state index contributed by atoms with van der Waals surface area (Å²) in [6.07, 6.45) is -9.33. The van der Waals surface area contributed by atoms with E-state index in [0.29, 0.717) is 11.8 Å². The van der Waals surface area contributed by atoms with Crippen molar-refractivity contribution < 1.29 is 45.9 Å². The second-order valence-corrected chi connectivity index (χ2v) is 9.49. The molecule has 10 nitrogen and oxygen atoms in total. The van der Waals surface area contributed by atoms with Gasteiger partial charge in [0.25, 0.3) is 0 Å². The zero-order chi connectivity index (χ0) is 24.2. The summed E-state index contributed by atoms with van der Waals surface area (Å²) in [5.41, 5.74) is -5.46.